The third-order valence-electron chi connectivity index (χ3n) is 4.95. The van der Waals surface area contributed by atoms with Crippen molar-refractivity contribution >= 4 is 17.0 Å². The highest BCUT2D eigenvalue weighted by Crippen LogP contribution is 2.29. The van der Waals surface area contributed by atoms with Gasteiger partial charge in [0.15, 0.2) is 0 Å². The average molecular weight is 351 g/mol. The molecule has 1 fully saturated rings. The van der Waals surface area contributed by atoms with E-state index in [2.05, 4.69) is 20.1 Å². The van der Waals surface area contributed by atoms with Crippen molar-refractivity contribution in [2.45, 2.75) is 39.5 Å². The molecule has 0 atom stereocenters. The third-order valence-corrected chi connectivity index (χ3v) is 4.95. The van der Waals surface area contributed by atoms with Gasteiger partial charge in [-0.15, -0.1) is 0 Å². The second-order valence-electron chi connectivity index (χ2n) is 6.91. The third kappa shape index (κ3) is 2.94. The molecule has 134 valence electrons. The summed E-state index contributed by atoms with van der Waals surface area (Å²) in [5, 5.41) is 4.68. The number of aryl methyl sites for hydroxylation is 3. The lowest BCUT2D eigenvalue weighted by Crippen LogP contribution is -2.38. The molecule has 1 aliphatic heterocycles. The Balaban J connectivity index is 1.55. The number of carbonyl (C=O) groups excluding carboxylic acids is 1. The molecule has 0 radical (unpaired) electrons. The quantitative estimate of drug-likeness (QED) is 0.706. The number of piperidine rings is 1. The Morgan fingerprint density at radius 3 is 2.62 bits per heavy atom. The lowest BCUT2D eigenvalue weighted by molar-refractivity contribution is 0.0713. The molecule has 0 aromatic carbocycles. The van der Waals surface area contributed by atoms with Crippen LogP contribution in [0, 0.1) is 20.8 Å². The topological polar surface area (TPSA) is 85.0 Å². The first kappa shape index (κ1) is 16.6. The Kier molecular flexibility index (Phi) is 4.14. The van der Waals surface area contributed by atoms with Crippen molar-refractivity contribution in [3.63, 3.8) is 0 Å². The molecule has 3 aromatic rings. The summed E-state index contributed by atoms with van der Waals surface area (Å²) >= 11 is 0. The van der Waals surface area contributed by atoms with E-state index in [1.807, 2.05) is 37.9 Å². The van der Waals surface area contributed by atoms with Crippen molar-refractivity contribution in [1.29, 1.82) is 0 Å². The van der Waals surface area contributed by atoms with Gasteiger partial charge in [0.2, 0.25) is 0 Å². The van der Waals surface area contributed by atoms with Crippen molar-refractivity contribution in [3.8, 4) is 0 Å². The number of nitrogens with zero attached hydrogens (tertiary/aromatic N) is 5. The summed E-state index contributed by atoms with van der Waals surface area (Å²) in [5.41, 5.74) is 4.45. The Morgan fingerprint density at radius 2 is 1.88 bits per heavy atom. The molecule has 0 aliphatic carbocycles. The van der Waals surface area contributed by atoms with Crippen LogP contribution in [-0.4, -0.2) is 44.0 Å². The predicted octanol–water partition coefficient (Wildman–Crippen LogP) is 2.96. The maximum Gasteiger partial charge on any atom is 0.258 e. The molecule has 7 nitrogen and oxygen atoms in total. The molecule has 4 heterocycles. The van der Waals surface area contributed by atoms with Gasteiger partial charge in [0.25, 0.3) is 11.6 Å². The zero-order valence-electron chi connectivity index (χ0n) is 15.2. The molecular weight excluding hydrogens is 330 g/mol. The van der Waals surface area contributed by atoms with Crippen LogP contribution in [-0.2, 0) is 0 Å². The average Bonchev–Trinajstić information content (AvgIpc) is 3.01. The van der Waals surface area contributed by atoms with E-state index in [9.17, 15) is 4.79 Å². The van der Waals surface area contributed by atoms with Gasteiger partial charge in [-0.3, -0.25) is 14.8 Å². The summed E-state index contributed by atoms with van der Waals surface area (Å²) in [6, 6.07) is 1.83. The van der Waals surface area contributed by atoms with E-state index in [0.29, 0.717) is 41.4 Å². The van der Waals surface area contributed by atoms with E-state index in [1.165, 1.54) is 0 Å². The Hall–Kier alpha value is -2.83. The molecule has 0 spiro atoms. The maximum atomic E-state index is 13.1. The highest BCUT2D eigenvalue weighted by molar-refractivity contribution is 6.06. The van der Waals surface area contributed by atoms with Gasteiger partial charge in [-0.2, -0.15) is 0 Å². The number of fused-ring (bicyclic) bond motifs is 1. The van der Waals surface area contributed by atoms with Crippen LogP contribution in [0.25, 0.3) is 11.1 Å². The van der Waals surface area contributed by atoms with Gasteiger partial charge in [0.1, 0.15) is 0 Å². The van der Waals surface area contributed by atoms with E-state index in [0.717, 1.165) is 29.9 Å². The van der Waals surface area contributed by atoms with Crippen molar-refractivity contribution in [1.82, 2.24) is 25.0 Å². The van der Waals surface area contributed by atoms with Crippen LogP contribution in [0.2, 0.25) is 0 Å². The molecule has 7 heteroatoms. The molecule has 0 N–H and O–H groups in total. The number of rotatable bonds is 2. The van der Waals surface area contributed by atoms with E-state index >= 15 is 0 Å². The molecule has 3 aromatic heterocycles. The first-order valence-electron chi connectivity index (χ1n) is 8.84. The molecule has 1 amide bonds. The van der Waals surface area contributed by atoms with Gasteiger partial charge in [-0.25, -0.2) is 4.98 Å². The minimum atomic E-state index is 0.0144. The van der Waals surface area contributed by atoms with Crippen LogP contribution < -0.4 is 0 Å². The summed E-state index contributed by atoms with van der Waals surface area (Å²) in [6.45, 7) is 7.05. The summed E-state index contributed by atoms with van der Waals surface area (Å²) < 4.78 is 5.25. The standard InChI is InChI=1S/C19H21N5O2/c1-11-8-15(17-13(3)23-26-18(17)22-11)19(25)24-6-4-14(5-7-24)16-10-20-9-12(2)21-16/h8-10,14H,4-7H2,1-3H3. The number of carbonyl (C=O) groups is 1. The Bertz CT molecular complexity index is 973. The van der Waals surface area contributed by atoms with Gasteiger partial charge in [-0.1, -0.05) is 5.16 Å². The second-order valence-corrected chi connectivity index (χ2v) is 6.91. The Labute approximate surface area is 151 Å². The summed E-state index contributed by atoms with van der Waals surface area (Å²) in [7, 11) is 0. The van der Waals surface area contributed by atoms with Gasteiger partial charge in [0, 0.05) is 37.1 Å². The number of aromatic nitrogens is 4. The van der Waals surface area contributed by atoms with E-state index < -0.39 is 0 Å². The van der Waals surface area contributed by atoms with Crippen LogP contribution in [0.5, 0.6) is 0 Å². The zero-order chi connectivity index (χ0) is 18.3. The van der Waals surface area contributed by atoms with Gasteiger partial charge in [-0.05, 0) is 39.7 Å². The van der Waals surface area contributed by atoms with Crippen LogP contribution in [0.1, 0.15) is 51.9 Å². The molecule has 0 unspecified atom stereocenters. The first-order valence-corrected chi connectivity index (χ1v) is 8.84. The van der Waals surface area contributed by atoms with E-state index in [4.69, 9.17) is 4.52 Å². The number of pyridine rings is 1. The minimum absolute atomic E-state index is 0.0144. The van der Waals surface area contributed by atoms with Gasteiger partial charge < -0.3 is 9.42 Å². The highest BCUT2D eigenvalue weighted by Gasteiger charge is 2.28. The van der Waals surface area contributed by atoms with Crippen LogP contribution in [0.4, 0.5) is 0 Å². The van der Waals surface area contributed by atoms with Crippen molar-refractivity contribution in [3.05, 3.63) is 46.8 Å². The van der Waals surface area contributed by atoms with E-state index in [1.54, 1.807) is 6.20 Å². The van der Waals surface area contributed by atoms with Gasteiger partial charge in [0.05, 0.1) is 28.0 Å². The number of hydrogen-bond donors (Lipinski definition) is 0. The molecular formula is C19H21N5O2. The monoisotopic (exact) mass is 351 g/mol. The smallest absolute Gasteiger partial charge is 0.258 e. The van der Waals surface area contributed by atoms with Crippen LogP contribution in [0.3, 0.4) is 0 Å². The molecule has 1 saturated heterocycles. The van der Waals surface area contributed by atoms with Crippen molar-refractivity contribution in [2.75, 3.05) is 13.1 Å². The molecule has 0 bridgehead atoms. The highest BCUT2D eigenvalue weighted by atomic mass is 16.5. The van der Waals surface area contributed by atoms with Crippen molar-refractivity contribution < 1.29 is 9.32 Å². The largest absolute Gasteiger partial charge is 0.339 e. The number of hydrogen-bond acceptors (Lipinski definition) is 6. The fourth-order valence-corrected chi connectivity index (χ4v) is 3.61. The lowest BCUT2D eigenvalue weighted by Gasteiger charge is -2.32. The fraction of sp³-hybridized carbons (Fsp3) is 0.421. The number of likely N-dealkylation sites (tertiary alicyclic amines) is 1. The van der Waals surface area contributed by atoms with Crippen molar-refractivity contribution in [2.24, 2.45) is 0 Å². The Morgan fingerprint density at radius 1 is 1.12 bits per heavy atom. The summed E-state index contributed by atoms with van der Waals surface area (Å²) in [4.78, 5) is 28.2. The fourth-order valence-electron chi connectivity index (χ4n) is 3.61. The summed E-state index contributed by atoms with van der Waals surface area (Å²) in [6.07, 6.45) is 5.38. The summed E-state index contributed by atoms with van der Waals surface area (Å²) in [5.74, 6) is 0.364. The molecule has 0 saturated carbocycles. The van der Waals surface area contributed by atoms with E-state index in [-0.39, 0.29) is 5.91 Å². The minimum Gasteiger partial charge on any atom is -0.339 e. The molecule has 1 aliphatic rings. The molecule has 4 rings (SSSR count). The first-order chi connectivity index (χ1) is 12.5. The van der Waals surface area contributed by atoms with Gasteiger partial charge >= 0.3 is 0 Å². The lowest BCUT2D eigenvalue weighted by atomic mass is 9.93. The molecule has 26 heavy (non-hydrogen) atoms. The van der Waals surface area contributed by atoms with Crippen LogP contribution in [0.15, 0.2) is 23.0 Å². The normalized spacial score (nSPS) is 15.6. The maximum absolute atomic E-state index is 13.1. The predicted molar refractivity (Wildman–Crippen MR) is 95.9 cm³/mol. The SMILES string of the molecule is Cc1cncc(C2CCN(C(=O)c3cc(C)nc4onc(C)c34)CC2)n1. The van der Waals surface area contributed by atoms with Crippen LogP contribution >= 0.6 is 0 Å². The zero-order valence-corrected chi connectivity index (χ0v) is 15.2. The second kappa shape index (κ2) is 6.48. The number of amides is 1.